The number of nitrogens with zero attached hydrogens (tertiary/aromatic N) is 1. The number of methoxy groups -OCH3 is 3. The Morgan fingerprint density at radius 1 is 0.865 bits per heavy atom. The van der Waals surface area contributed by atoms with Crippen LogP contribution in [0.4, 0.5) is 18.9 Å². The Bertz CT molecular complexity index is 1380. The van der Waals surface area contributed by atoms with Crippen LogP contribution in [0.15, 0.2) is 72.3 Å². The highest BCUT2D eigenvalue weighted by atomic mass is 19.4. The van der Waals surface area contributed by atoms with Crippen molar-refractivity contribution in [1.29, 1.82) is 0 Å². The summed E-state index contributed by atoms with van der Waals surface area (Å²) in [4.78, 5) is 27.4. The van der Waals surface area contributed by atoms with E-state index in [9.17, 15) is 27.9 Å². The lowest BCUT2D eigenvalue weighted by molar-refractivity contribution is -0.137. The van der Waals surface area contributed by atoms with Crippen molar-refractivity contribution in [2.75, 3.05) is 26.2 Å². The first-order valence-corrected chi connectivity index (χ1v) is 10.9. The molecule has 1 amide bonds. The van der Waals surface area contributed by atoms with Crippen LogP contribution in [0.1, 0.15) is 22.7 Å². The van der Waals surface area contributed by atoms with E-state index in [2.05, 4.69) is 0 Å². The standard InChI is InChI=1S/C27H22F3NO6/c1-35-19-10-7-15(8-11-19)24(32)22-23(16-9-12-20(36-2)21(13-16)37-3)31(26(34)25(22)33)18-6-4-5-17(14-18)27(28,29)30/h4-14,23,32H,1-3H3/t23-/m1/s1. The molecule has 0 spiro atoms. The molecule has 1 aliphatic rings. The fourth-order valence-electron chi connectivity index (χ4n) is 4.17. The first-order valence-electron chi connectivity index (χ1n) is 10.9. The van der Waals surface area contributed by atoms with E-state index >= 15 is 0 Å². The molecule has 0 saturated carbocycles. The summed E-state index contributed by atoms with van der Waals surface area (Å²) in [7, 11) is 4.28. The molecule has 1 saturated heterocycles. The van der Waals surface area contributed by atoms with Gasteiger partial charge in [0.25, 0.3) is 11.7 Å². The number of anilines is 1. The van der Waals surface area contributed by atoms with Crippen molar-refractivity contribution in [3.8, 4) is 17.2 Å². The van der Waals surface area contributed by atoms with Crippen molar-refractivity contribution in [2.45, 2.75) is 12.2 Å². The molecule has 7 nitrogen and oxygen atoms in total. The van der Waals surface area contributed by atoms with E-state index in [1.54, 1.807) is 18.2 Å². The van der Waals surface area contributed by atoms with Crippen molar-refractivity contribution in [3.05, 3.63) is 89.0 Å². The molecule has 4 rings (SSSR count). The van der Waals surface area contributed by atoms with E-state index in [4.69, 9.17) is 14.2 Å². The van der Waals surface area contributed by atoms with Crippen LogP contribution in [-0.4, -0.2) is 38.1 Å². The lowest BCUT2D eigenvalue weighted by Gasteiger charge is -2.26. The molecule has 1 fully saturated rings. The molecule has 0 aromatic heterocycles. The summed E-state index contributed by atoms with van der Waals surface area (Å²) in [6, 6.07) is 13.5. The van der Waals surface area contributed by atoms with E-state index in [0.717, 1.165) is 23.1 Å². The number of Topliss-reactive ketones (excluding diaryl/α,β-unsaturated/α-hetero) is 1. The molecule has 1 N–H and O–H groups in total. The smallest absolute Gasteiger partial charge is 0.416 e. The molecule has 0 radical (unpaired) electrons. The third kappa shape index (κ3) is 4.69. The Morgan fingerprint density at radius 3 is 2.14 bits per heavy atom. The lowest BCUT2D eigenvalue weighted by Crippen LogP contribution is -2.29. The van der Waals surface area contributed by atoms with Crippen molar-refractivity contribution in [2.24, 2.45) is 0 Å². The number of benzene rings is 3. The van der Waals surface area contributed by atoms with Crippen LogP contribution in [0.25, 0.3) is 5.76 Å². The molecule has 0 aliphatic carbocycles. The minimum absolute atomic E-state index is 0.162. The number of halogens is 3. The summed E-state index contributed by atoms with van der Waals surface area (Å²) >= 11 is 0. The maximum absolute atomic E-state index is 13.5. The quantitative estimate of drug-likeness (QED) is 0.272. The second-order valence-corrected chi connectivity index (χ2v) is 8.06. The zero-order chi connectivity index (χ0) is 26.9. The molecule has 3 aromatic carbocycles. The van der Waals surface area contributed by atoms with Gasteiger partial charge in [0, 0.05) is 11.3 Å². The number of alkyl halides is 3. The molecule has 3 aromatic rings. The Labute approximate surface area is 210 Å². The predicted octanol–water partition coefficient (Wildman–Crippen LogP) is 5.36. The van der Waals surface area contributed by atoms with E-state index in [1.807, 2.05) is 0 Å². The number of carbonyl (C=O) groups excluding carboxylic acids is 2. The molecular weight excluding hydrogens is 491 g/mol. The van der Waals surface area contributed by atoms with E-state index < -0.39 is 35.2 Å². The number of ketones is 1. The van der Waals surface area contributed by atoms with Gasteiger partial charge in [-0.1, -0.05) is 12.1 Å². The minimum Gasteiger partial charge on any atom is -0.507 e. The molecule has 192 valence electrons. The van der Waals surface area contributed by atoms with Gasteiger partial charge in [-0.3, -0.25) is 14.5 Å². The summed E-state index contributed by atoms with van der Waals surface area (Å²) < 4.78 is 56.1. The largest absolute Gasteiger partial charge is 0.507 e. The first kappa shape index (κ1) is 25.6. The molecular formula is C27H22F3NO6. The minimum atomic E-state index is -4.68. The number of hydrogen-bond acceptors (Lipinski definition) is 6. The normalized spacial score (nSPS) is 17.1. The van der Waals surface area contributed by atoms with Gasteiger partial charge in [0.2, 0.25) is 0 Å². The van der Waals surface area contributed by atoms with Crippen molar-refractivity contribution >= 4 is 23.1 Å². The molecule has 10 heteroatoms. The van der Waals surface area contributed by atoms with E-state index in [-0.39, 0.29) is 22.6 Å². The highest BCUT2D eigenvalue weighted by Crippen LogP contribution is 2.45. The summed E-state index contributed by atoms with van der Waals surface area (Å²) in [5.41, 5.74) is -0.920. The van der Waals surface area contributed by atoms with Gasteiger partial charge in [0.05, 0.1) is 38.5 Å². The maximum Gasteiger partial charge on any atom is 0.416 e. The number of ether oxygens (including phenoxy) is 3. The molecule has 1 atom stereocenters. The van der Waals surface area contributed by atoms with Crippen LogP contribution in [0, 0.1) is 0 Å². The Kier molecular flexibility index (Phi) is 6.84. The van der Waals surface area contributed by atoms with E-state index in [0.29, 0.717) is 17.1 Å². The van der Waals surface area contributed by atoms with Gasteiger partial charge in [-0.2, -0.15) is 13.2 Å². The highest BCUT2D eigenvalue weighted by molar-refractivity contribution is 6.51. The van der Waals surface area contributed by atoms with Gasteiger partial charge in [0.1, 0.15) is 11.5 Å². The highest BCUT2D eigenvalue weighted by Gasteiger charge is 2.47. The SMILES string of the molecule is COc1ccc(C(O)=C2C(=O)C(=O)N(c3cccc(C(F)(F)F)c3)[C@@H]2c2ccc(OC)c(OC)c2)cc1. The Hall–Kier alpha value is -4.47. The Balaban J connectivity index is 1.96. The summed E-state index contributed by atoms with van der Waals surface area (Å²) in [5.74, 6) is -1.51. The van der Waals surface area contributed by atoms with Gasteiger partial charge >= 0.3 is 6.18 Å². The number of rotatable bonds is 6. The van der Waals surface area contributed by atoms with Gasteiger partial charge < -0.3 is 19.3 Å². The van der Waals surface area contributed by atoms with Gasteiger partial charge in [0.15, 0.2) is 11.5 Å². The zero-order valence-electron chi connectivity index (χ0n) is 20.0. The molecule has 0 bridgehead atoms. The summed E-state index contributed by atoms with van der Waals surface area (Å²) in [6.07, 6.45) is -4.68. The van der Waals surface area contributed by atoms with Crippen LogP contribution >= 0.6 is 0 Å². The average molecular weight is 513 g/mol. The second kappa shape index (κ2) is 9.88. The zero-order valence-corrected chi connectivity index (χ0v) is 20.0. The van der Waals surface area contributed by atoms with Crippen molar-refractivity contribution < 1.29 is 42.1 Å². The van der Waals surface area contributed by atoms with Gasteiger partial charge in [-0.05, 0) is 60.2 Å². The third-order valence-electron chi connectivity index (χ3n) is 5.98. The Morgan fingerprint density at radius 2 is 1.54 bits per heavy atom. The number of carbonyl (C=O) groups is 2. The fourth-order valence-corrected chi connectivity index (χ4v) is 4.17. The van der Waals surface area contributed by atoms with Crippen LogP contribution in [0.3, 0.4) is 0 Å². The van der Waals surface area contributed by atoms with Crippen LogP contribution in [0.2, 0.25) is 0 Å². The van der Waals surface area contributed by atoms with Crippen molar-refractivity contribution in [1.82, 2.24) is 0 Å². The third-order valence-corrected chi connectivity index (χ3v) is 5.98. The van der Waals surface area contributed by atoms with Crippen LogP contribution < -0.4 is 19.1 Å². The lowest BCUT2D eigenvalue weighted by atomic mass is 9.94. The van der Waals surface area contributed by atoms with Crippen molar-refractivity contribution in [3.63, 3.8) is 0 Å². The average Bonchev–Trinajstić information content (AvgIpc) is 3.17. The molecule has 1 heterocycles. The molecule has 1 aliphatic heterocycles. The monoisotopic (exact) mass is 513 g/mol. The van der Waals surface area contributed by atoms with Crippen LogP contribution in [-0.2, 0) is 15.8 Å². The number of amides is 1. The summed E-state index contributed by atoms with van der Waals surface area (Å²) in [6.45, 7) is 0. The summed E-state index contributed by atoms with van der Waals surface area (Å²) in [5, 5.41) is 11.2. The number of aliphatic hydroxyl groups excluding tert-OH is 1. The number of hydrogen-bond donors (Lipinski definition) is 1. The second-order valence-electron chi connectivity index (χ2n) is 8.06. The fraction of sp³-hybridized carbons (Fsp3) is 0.185. The first-order chi connectivity index (χ1) is 17.6. The number of aliphatic hydroxyl groups is 1. The topological polar surface area (TPSA) is 85.3 Å². The van der Waals surface area contributed by atoms with Gasteiger partial charge in [-0.25, -0.2) is 0 Å². The van der Waals surface area contributed by atoms with Gasteiger partial charge in [-0.15, -0.1) is 0 Å². The van der Waals surface area contributed by atoms with Crippen LogP contribution in [0.5, 0.6) is 17.2 Å². The molecule has 0 unspecified atom stereocenters. The molecule has 37 heavy (non-hydrogen) atoms. The predicted molar refractivity (Wildman–Crippen MR) is 129 cm³/mol. The maximum atomic E-state index is 13.5. The van der Waals surface area contributed by atoms with E-state index in [1.165, 1.54) is 51.7 Å².